The molecule has 5 rings (SSSR count). The number of benzene rings is 1. The minimum absolute atomic E-state index is 0.0205. The minimum atomic E-state index is -4.68. The Morgan fingerprint density at radius 3 is 2.63 bits per heavy atom. The summed E-state index contributed by atoms with van der Waals surface area (Å²) < 4.78 is 48.3. The van der Waals surface area contributed by atoms with Crippen molar-refractivity contribution >= 4 is 40.0 Å². The summed E-state index contributed by atoms with van der Waals surface area (Å²) >= 11 is 6.76. The average molecular weight is 544 g/mol. The highest BCUT2D eigenvalue weighted by atomic mass is 35.5. The number of halogens is 4. The second kappa shape index (κ2) is 9.46. The minimum Gasteiger partial charge on any atom is -0.489 e. The Balaban J connectivity index is 1.72. The summed E-state index contributed by atoms with van der Waals surface area (Å²) in [6.07, 6.45) is -0.779. The van der Waals surface area contributed by atoms with Gasteiger partial charge in [0.2, 0.25) is 0 Å². The Labute approximate surface area is 221 Å². The van der Waals surface area contributed by atoms with Crippen molar-refractivity contribution in [3.05, 3.63) is 58.0 Å². The Bertz CT molecular complexity index is 1560. The lowest BCUT2D eigenvalue weighted by molar-refractivity contribution is -0.137. The lowest BCUT2D eigenvalue weighted by Gasteiger charge is -2.30. The van der Waals surface area contributed by atoms with Crippen LogP contribution in [0.2, 0.25) is 5.02 Å². The van der Waals surface area contributed by atoms with Crippen molar-refractivity contribution in [2.45, 2.75) is 39.4 Å². The molecule has 12 heteroatoms. The molecule has 8 nitrogen and oxygen atoms in total. The summed E-state index contributed by atoms with van der Waals surface area (Å²) in [5, 5.41) is 0.457. The summed E-state index contributed by atoms with van der Waals surface area (Å²) in [6.45, 7) is 5.95. The van der Waals surface area contributed by atoms with Gasteiger partial charge in [-0.25, -0.2) is 19.9 Å². The number of ether oxygens (including phenoxy) is 1. The van der Waals surface area contributed by atoms with Gasteiger partial charge in [-0.05, 0) is 49.6 Å². The number of nitrogens with zero attached hydrogens (tertiary/aromatic N) is 5. The van der Waals surface area contributed by atoms with E-state index in [0.717, 1.165) is 17.5 Å². The van der Waals surface area contributed by atoms with E-state index >= 15 is 0 Å². The molecule has 0 unspecified atom stereocenters. The molecular weight excluding hydrogens is 519 g/mol. The maximum absolute atomic E-state index is 14.1. The fourth-order valence-electron chi connectivity index (χ4n) is 4.89. The van der Waals surface area contributed by atoms with E-state index in [1.165, 1.54) is 25.4 Å². The largest absolute Gasteiger partial charge is 0.489 e. The van der Waals surface area contributed by atoms with Crippen molar-refractivity contribution in [3.63, 3.8) is 0 Å². The molecule has 4 aromatic rings. The average Bonchev–Trinajstić information content (AvgIpc) is 3.05. The van der Waals surface area contributed by atoms with E-state index in [1.54, 1.807) is 6.20 Å². The van der Waals surface area contributed by atoms with Gasteiger partial charge in [-0.15, -0.1) is 0 Å². The number of alkyl halides is 3. The number of aromatic nitrogens is 4. The van der Waals surface area contributed by atoms with Crippen LogP contribution in [-0.2, 0) is 12.6 Å². The van der Waals surface area contributed by atoms with Crippen LogP contribution in [0.1, 0.15) is 42.1 Å². The van der Waals surface area contributed by atoms with E-state index in [4.69, 9.17) is 27.8 Å². The topological polar surface area (TPSA) is 116 Å². The monoisotopic (exact) mass is 543 g/mol. The number of pyridine rings is 2. The zero-order valence-electron chi connectivity index (χ0n) is 20.9. The van der Waals surface area contributed by atoms with Gasteiger partial charge in [-0.2, -0.15) is 13.2 Å². The lowest BCUT2D eigenvalue weighted by atomic mass is 9.99. The molecule has 0 radical (unpaired) electrons. The molecule has 4 heterocycles. The molecule has 38 heavy (non-hydrogen) atoms. The SMILES string of the molecule is CCc1cnc(N)c([C@@H](C)N2CCOc3c(Cl)c(-c4nc(N)cc(C)c4C(F)(F)F)cc4ncnc2c34)c1. The zero-order chi connectivity index (χ0) is 27.4. The van der Waals surface area contributed by atoms with Crippen molar-refractivity contribution in [2.24, 2.45) is 0 Å². The molecule has 1 aliphatic rings. The number of hydrogen-bond acceptors (Lipinski definition) is 8. The van der Waals surface area contributed by atoms with Crippen LogP contribution in [0.15, 0.2) is 30.7 Å². The van der Waals surface area contributed by atoms with Crippen molar-refractivity contribution in [3.8, 4) is 17.0 Å². The molecule has 4 N–H and O–H groups in total. The van der Waals surface area contributed by atoms with Crippen LogP contribution in [0.25, 0.3) is 22.2 Å². The molecule has 1 aliphatic heterocycles. The Morgan fingerprint density at radius 1 is 1.16 bits per heavy atom. The van der Waals surface area contributed by atoms with E-state index in [9.17, 15) is 13.2 Å². The fraction of sp³-hybridized carbons (Fsp3) is 0.308. The second-order valence-electron chi connectivity index (χ2n) is 9.13. The van der Waals surface area contributed by atoms with Crippen molar-refractivity contribution in [1.82, 2.24) is 19.9 Å². The van der Waals surface area contributed by atoms with Gasteiger partial charge in [-0.3, -0.25) is 0 Å². The molecule has 0 bridgehead atoms. The van der Waals surface area contributed by atoms with Crippen LogP contribution in [0.4, 0.5) is 30.6 Å². The maximum atomic E-state index is 14.1. The number of nitrogens with two attached hydrogens (primary N) is 2. The van der Waals surface area contributed by atoms with Crippen LogP contribution in [0, 0.1) is 6.92 Å². The van der Waals surface area contributed by atoms with Gasteiger partial charge in [0.25, 0.3) is 0 Å². The third-order valence-corrected chi connectivity index (χ3v) is 7.13. The number of aryl methyl sites for hydroxylation is 2. The van der Waals surface area contributed by atoms with E-state index in [1.807, 2.05) is 24.8 Å². The fourth-order valence-corrected chi connectivity index (χ4v) is 5.18. The molecule has 198 valence electrons. The Hall–Kier alpha value is -3.86. The molecule has 0 spiro atoms. The highest BCUT2D eigenvalue weighted by Gasteiger charge is 2.38. The predicted molar refractivity (Wildman–Crippen MR) is 141 cm³/mol. The number of anilines is 3. The smallest absolute Gasteiger partial charge is 0.418 e. The molecule has 0 saturated heterocycles. The van der Waals surface area contributed by atoms with Crippen molar-refractivity contribution in [1.29, 1.82) is 0 Å². The molecule has 0 aliphatic carbocycles. The third-order valence-electron chi connectivity index (χ3n) is 6.76. The van der Waals surface area contributed by atoms with Crippen LogP contribution in [-0.4, -0.2) is 33.1 Å². The second-order valence-corrected chi connectivity index (χ2v) is 9.51. The van der Waals surface area contributed by atoms with E-state index in [-0.39, 0.29) is 46.1 Å². The Kier molecular flexibility index (Phi) is 6.42. The summed E-state index contributed by atoms with van der Waals surface area (Å²) in [5.41, 5.74) is 13.0. The van der Waals surface area contributed by atoms with Crippen molar-refractivity contribution in [2.75, 3.05) is 29.5 Å². The zero-order valence-corrected chi connectivity index (χ0v) is 21.7. The first-order valence-corrected chi connectivity index (χ1v) is 12.3. The van der Waals surface area contributed by atoms with Gasteiger partial charge < -0.3 is 21.1 Å². The van der Waals surface area contributed by atoms with E-state index in [2.05, 4.69) is 19.9 Å². The lowest BCUT2D eigenvalue weighted by Crippen LogP contribution is -2.31. The third kappa shape index (κ3) is 4.30. The van der Waals surface area contributed by atoms with Crippen LogP contribution < -0.4 is 21.1 Å². The Morgan fingerprint density at radius 2 is 1.92 bits per heavy atom. The van der Waals surface area contributed by atoms with Crippen LogP contribution in [0.3, 0.4) is 0 Å². The quantitative estimate of drug-likeness (QED) is 0.334. The maximum Gasteiger partial charge on any atom is 0.418 e. The standard InChI is InChI=1S/C26H25ClF3N7O/c1-4-14-8-15(24(32)33-10-14)13(3)37-5-6-38-23-19-17(34-11-35-25(19)37)9-16(21(23)27)22-20(26(28,29)30)12(2)7-18(31)36-22/h7-11,13H,4-6H2,1-3H3,(H2,31,36)(H2,32,33)/t13-/m1/s1. The first-order chi connectivity index (χ1) is 18.0. The molecule has 0 amide bonds. The predicted octanol–water partition coefficient (Wildman–Crippen LogP) is 5.75. The molecule has 0 saturated carbocycles. The highest BCUT2D eigenvalue weighted by Crippen LogP contribution is 2.48. The van der Waals surface area contributed by atoms with Crippen molar-refractivity contribution < 1.29 is 17.9 Å². The summed E-state index contributed by atoms with van der Waals surface area (Å²) in [4.78, 5) is 19.3. The molecule has 0 fully saturated rings. The van der Waals surface area contributed by atoms with Gasteiger partial charge in [0, 0.05) is 17.3 Å². The van der Waals surface area contributed by atoms with Gasteiger partial charge in [-0.1, -0.05) is 18.5 Å². The number of hydrogen-bond donors (Lipinski definition) is 2. The van der Waals surface area contributed by atoms with Crippen LogP contribution >= 0.6 is 11.6 Å². The normalized spacial score (nSPS) is 14.3. The summed E-state index contributed by atoms with van der Waals surface area (Å²) in [6, 6.07) is 4.42. The van der Waals surface area contributed by atoms with Gasteiger partial charge in [0.15, 0.2) is 5.75 Å². The molecular formula is C26H25ClF3N7O. The number of rotatable bonds is 4. The van der Waals surface area contributed by atoms with E-state index < -0.39 is 11.7 Å². The van der Waals surface area contributed by atoms with Gasteiger partial charge in [0.05, 0.1) is 39.8 Å². The first-order valence-electron chi connectivity index (χ1n) is 12.0. The van der Waals surface area contributed by atoms with Crippen LogP contribution in [0.5, 0.6) is 5.75 Å². The van der Waals surface area contributed by atoms with E-state index in [0.29, 0.717) is 29.1 Å². The van der Waals surface area contributed by atoms with Gasteiger partial charge >= 0.3 is 6.18 Å². The van der Waals surface area contributed by atoms with Gasteiger partial charge in [0.1, 0.15) is 30.4 Å². The molecule has 3 aromatic heterocycles. The highest BCUT2D eigenvalue weighted by molar-refractivity contribution is 6.36. The molecule has 1 aromatic carbocycles. The molecule has 1 atom stereocenters. The summed E-state index contributed by atoms with van der Waals surface area (Å²) in [7, 11) is 0. The first kappa shape index (κ1) is 25.8. The summed E-state index contributed by atoms with van der Waals surface area (Å²) in [5.74, 6) is 1.06. The number of nitrogen functional groups attached to an aromatic ring is 2.